The first-order valence-electron chi connectivity index (χ1n) is 5.60. The summed E-state index contributed by atoms with van der Waals surface area (Å²) in [4.78, 5) is 0. The maximum absolute atomic E-state index is 3.39. The van der Waals surface area contributed by atoms with Crippen LogP contribution in [0.1, 0.15) is 11.1 Å². The summed E-state index contributed by atoms with van der Waals surface area (Å²) in [7, 11) is 0. The van der Waals surface area contributed by atoms with E-state index in [1.54, 1.807) is 0 Å². The predicted molar refractivity (Wildman–Crippen MR) is 68.7 cm³/mol. The SMILES string of the molecule is Cc1ccc(CCNc2cc[c]cc2)cc1. The molecule has 0 heterocycles. The van der Waals surface area contributed by atoms with Crippen LogP contribution in [-0.2, 0) is 6.42 Å². The third-order valence-electron chi connectivity index (χ3n) is 2.58. The summed E-state index contributed by atoms with van der Waals surface area (Å²) < 4.78 is 0. The van der Waals surface area contributed by atoms with E-state index in [1.807, 2.05) is 24.3 Å². The van der Waals surface area contributed by atoms with Gasteiger partial charge in [-0.1, -0.05) is 42.0 Å². The van der Waals surface area contributed by atoms with Crippen molar-refractivity contribution in [1.29, 1.82) is 0 Å². The molecule has 0 saturated carbocycles. The topological polar surface area (TPSA) is 12.0 Å². The van der Waals surface area contributed by atoms with Crippen molar-refractivity contribution in [1.82, 2.24) is 0 Å². The normalized spacial score (nSPS) is 10.1. The maximum Gasteiger partial charge on any atom is 0.0340 e. The predicted octanol–water partition coefficient (Wildman–Crippen LogP) is 3.45. The largest absolute Gasteiger partial charge is 0.385 e. The molecule has 0 amide bonds. The summed E-state index contributed by atoms with van der Waals surface area (Å²) >= 11 is 0. The minimum atomic E-state index is 0.965. The molecular formula is C15H16N. The molecule has 0 aliphatic heterocycles. The molecule has 1 nitrogen and oxygen atoms in total. The standard InChI is InChI=1S/C15H16N/c1-13-7-9-14(10-8-13)11-12-16-15-5-3-2-4-6-15/h3-10,16H,11-12H2,1H3. The van der Waals surface area contributed by atoms with Crippen LogP contribution in [0.15, 0.2) is 48.5 Å². The highest BCUT2D eigenvalue weighted by molar-refractivity contribution is 5.42. The maximum atomic E-state index is 3.39. The van der Waals surface area contributed by atoms with Crippen molar-refractivity contribution in [3.8, 4) is 0 Å². The van der Waals surface area contributed by atoms with E-state index in [4.69, 9.17) is 0 Å². The van der Waals surface area contributed by atoms with Crippen molar-refractivity contribution in [2.24, 2.45) is 0 Å². The van der Waals surface area contributed by atoms with Crippen molar-refractivity contribution >= 4 is 5.69 Å². The molecule has 0 spiro atoms. The molecule has 0 aliphatic carbocycles. The van der Waals surface area contributed by atoms with E-state index >= 15 is 0 Å². The second-order valence-corrected chi connectivity index (χ2v) is 3.95. The van der Waals surface area contributed by atoms with Crippen molar-refractivity contribution in [3.63, 3.8) is 0 Å². The molecule has 1 heteroatoms. The molecule has 0 aliphatic rings. The summed E-state index contributed by atoms with van der Waals surface area (Å²) in [5.74, 6) is 0. The van der Waals surface area contributed by atoms with Gasteiger partial charge in [0.05, 0.1) is 0 Å². The molecule has 2 aromatic rings. The lowest BCUT2D eigenvalue weighted by molar-refractivity contribution is 1.02. The third-order valence-corrected chi connectivity index (χ3v) is 2.58. The van der Waals surface area contributed by atoms with E-state index in [0.717, 1.165) is 18.7 Å². The quantitative estimate of drug-likeness (QED) is 0.815. The first kappa shape index (κ1) is 10.7. The summed E-state index contributed by atoms with van der Waals surface area (Å²) in [5, 5.41) is 3.39. The second kappa shape index (κ2) is 5.36. The molecule has 0 saturated heterocycles. The smallest absolute Gasteiger partial charge is 0.0340 e. The molecule has 0 aromatic heterocycles. The van der Waals surface area contributed by atoms with Crippen LogP contribution in [0.3, 0.4) is 0 Å². The van der Waals surface area contributed by atoms with Crippen molar-refractivity contribution < 1.29 is 0 Å². The molecule has 16 heavy (non-hydrogen) atoms. The number of anilines is 1. The Hall–Kier alpha value is -1.76. The Kier molecular flexibility index (Phi) is 3.60. The number of nitrogens with one attached hydrogen (secondary N) is 1. The Bertz CT molecular complexity index is 417. The van der Waals surface area contributed by atoms with E-state index in [2.05, 4.69) is 42.6 Å². The lowest BCUT2D eigenvalue weighted by Gasteiger charge is -2.06. The fourth-order valence-electron chi connectivity index (χ4n) is 1.61. The Morgan fingerprint density at radius 1 is 1.00 bits per heavy atom. The average Bonchev–Trinajstić information content (AvgIpc) is 2.33. The molecule has 81 valence electrons. The highest BCUT2D eigenvalue weighted by Gasteiger charge is 1.93. The van der Waals surface area contributed by atoms with E-state index in [9.17, 15) is 0 Å². The first-order chi connectivity index (χ1) is 7.84. The molecule has 0 bridgehead atoms. The minimum absolute atomic E-state index is 0.965. The number of aryl methyl sites for hydroxylation is 1. The van der Waals surface area contributed by atoms with Crippen molar-refractivity contribution in [2.75, 3.05) is 11.9 Å². The van der Waals surface area contributed by atoms with Crippen LogP contribution in [-0.4, -0.2) is 6.54 Å². The lowest BCUT2D eigenvalue weighted by atomic mass is 10.1. The molecule has 0 unspecified atom stereocenters. The molecule has 2 aromatic carbocycles. The van der Waals surface area contributed by atoms with Crippen LogP contribution in [0.5, 0.6) is 0 Å². The van der Waals surface area contributed by atoms with Crippen molar-refractivity contribution in [2.45, 2.75) is 13.3 Å². The molecule has 2 rings (SSSR count). The molecular weight excluding hydrogens is 194 g/mol. The zero-order valence-corrected chi connectivity index (χ0v) is 9.53. The van der Waals surface area contributed by atoms with Gasteiger partial charge in [0.15, 0.2) is 0 Å². The van der Waals surface area contributed by atoms with Gasteiger partial charge in [-0.3, -0.25) is 0 Å². The Balaban J connectivity index is 1.82. The van der Waals surface area contributed by atoms with Gasteiger partial charge in [-0.25, -0.2) is 0 Å². The second-order valence-electron chi connectivity index (χ2n) is 3.95. The van der Waals surface area contributed by atoms with E-state index in [1.165, 1.54) is 11.1 Å². The Morgan fingerprint density at radius 3 is 2.38 bits per heavy atom. The summed E-state index contributed by atoms with van der Waals surface area (Å²) in [6.07, 6.45) is 1.05. The first-order valence-corrected chi connectivity index (χ1v) is 5.60. The van der Waals surface area contributed by atoms with Crippen LogP contribution < -0.4 is 5.32 Å². The Morgan fingerprint density at radius 2 is 1.69 bits per heavy atom. The minimum Gasteiger partial charge on any atom is -0.385 e. The summed E-state index contributed by atoms with van der Waals surface area (Å²) in [6.45, 7) is 3.08. The number of hydrogen-bond donors (Lipinski definition) is 1. The number of benzene rings is 2. The molecule has 1 radical (unpaired) electrons. The van der Waals surface area contributed by atoms with Gasteiger partial charge in [0.2, 0.25) is 0 Å². The number of rotatable bonds is 4. The monoisotopic (exact) mass is 210 g/mol. The van der Waals surface area contributed by atoms with Crippen LogP contribution in [0.2, 0.25) is 0 Å². The zero-order chi connectivity index (χ0) is 11.2. The van der Waals surface area contributed by atoms with Crippen LogP contribution >= 0.6 is 0 Å². The van der Waals surface area contributed by atoms with Crippen molar-refractivity contribution in [3.05, 3.63) is 65.7 Å². The number of hydrogen-bond acceptors (Lipinski definition) is 1. The lowest BCUT2D eigenvalue weighted by Crippen LogP contribution is -2.04. The highest BCUT2D eigenvalue weighted by atomic mass is 14.9. The van der Waals surface area contributed by atoms with E-state index in [-0.39, 0.29) is 0 Å². The van der Waals surface area contributed by atoms with Crippen LogP contribution in [0, 0.1) is 13.0 Å². The summed E-state index contributed by atoms with van der Waals surface area (Å²) in [5.41, 5.74) is 3.85. The van der Waals surface area contributed by atoms with Crippen LogP contribution in [0.25, 0.3) is 0 Å². The summed E-state index contributed by atoms with van der Waals surface area (Å²) in [6, 6.07) is 19.6. The highest BCUT2D eigenvalue weighted by Crippen LogP contribution is 2.07. The van der Waals surface area contributed by atoms with Gasteiger partial charge >= 0.3 is 0 Å². The van der Waals surface area contributed by atoms with Gasteiger partial charge in [-0.2, -0.15) is 0 Å². The molecule has 0 fully saturated rings. The zero-order valence-electron chi connectivity index (χ0n) is 9.53. The van der Waals surface area contributed by atoms with Gasteiger partial charge in [0, 0.05) is 12.2 Å². The average molecular weight is 210 g/mol. The van der Waals surface area contributed by atoms with Gasteiger partial charge in [-0.05, 0) is 37.1 Å². The van der Waals surface area contributed by atoms with Gasteiger partial charge in [0.1, 0.15) is 0 Å². The van der Waals surface area contributed by atoms with Gasteiger partial charge < -0.3 is 5.32 Å². The van der Waals surface area contributed by atoms with Crippen LogP contribution in [0.4, 0.5) is 5.69 Å². The Labute approximate surface area is 97.1 Å². The van der Waals surface area contributed by atoms with E-state index in [0.29, 0.717) is 0 Å². The molecule has 1 N–H and O–H groups in total. The van der Waals surface area contributed by atoms with E-state index < -0.39 is 0 Å². The van der Waals surface area contributed by atoms with Gasteiger partial charge in [0.25, 0.3) is 0 Å². The fraction of sp³-hybridized carbons (Fsp3) is 0.200. The fourth-order valence-corrected chi connectivity index (χ4v) is 1.61. The molecule has 0 atom stereocenters. The third kappa shape index (κ3) is 3.13. The van der Waals surface area contributed by atoms with Gasteiger partial charge in [-0.15, -0.1) is 0 Å².